The van der Waals surface area contributed by atoms with Crippen LogP contribution in [0, 0.1) is 5.82 Å². The van der Waals surface area contributed by atoms with Gasteiger partial charge in [-0.3, -0.25) is 0 Å². The Labute approximate surface area is 201 Å². The molecule has 9 heteroatoms. The van der Waals surface area contributed by atoms with E-state index in [1.165, 1.54) is 12.1 Å². The summed E-state index contributed by atoms with van der Waals surface area (Å²) in [4.78, 5) is 2.23. The van der Waals surface area contributed by atoms with Crippen LogP contribution < -0.4 is 5.32 Å². The highest BCUT2D eigenvalue weighted by Crippen LogP contribution is 2.38. The van der Waals surface area contributed by atoms with Gasteiger partial charge in [0.1, 0.15) is 5.82 Å². The first-order valence-corrected chi connectivity index (χ1v) is 11.8. The number of hydrogen-bond donors (Lipinski definition) is 1. The van der Waals surface area contributed by atoms with E-state index in [9.17, 15) is 26.3 Å². The lowest BCUT2D eigenvalue weighted by molar-refractivity contribution is -0.138. The molecule has 2 aliphatic rings. The second kappa shape index (κ2) is 11.8. The molecule has 0 unspecified atom stereocenters. The summed E-state index contributed by atoms with van der Waals surface area (Å²) < 4.78 is 77.3. The summed E-state index contributed by atoms with van der Waals surface area (Å²) >= 11 is 5.78. The molecule has 0 spiro atoms. The maximum Gasteiger partial charge on any atom is 0.416 e. The van der Waals surface area contributed by atoms with Gasteiger partial charge in [0, 0.05) is 10.6 Å². The van der Waals surface area contributed by atoms with Crippen molar-refractivity contribution in [1.29, 1.82) is 0 Å². The molecule has 1 N–H and O–H groups in total. The molecule has 0 radical (unpaired) electrons. The molecule has 2 heterocycles. The van der Waals surface area contributed by atoms with Crippen molar-refractivity contribution in [3.05, 3.63) is 69.5 Å². The molecule has 2 fully saturated rings. The van der Waals surface area contributed by atoms with E-state index in [0.717, 1.165) is 37.6 Å². The second-order valence-corrected chi connectivity index (χ2v) is 9.34. The van der Waals surface area contributed by atoms with E-state index in [2.05, 4.69) is 17.3 Å². The van der Waals surface area contributed by atoms with Crippen molar-refractivity contribution in [3.63, 3.8) is 0 Å². The number of hydrogen-bond acceptors (Lipinski definition) is 2. The normalized spacial score (nSPS) is 18.6. The Morgan fingerprint density at radius 2 is 1.50 bits per heavy atom. The van der Waals surface area contributed by atoms with Gasteiger partial charge in [-0.05, 0) is 106 Å². The molecule has 2 saturated heterocycles. The molecule has 2 aliphatic heterocycles. The quantitative estimate of drug-likeness (QED) is 0.436. The van der Waals surface area contributed by atoms with Crippen molar-refractivity contribution in [3.8, 4) is 0 Å². The summed E-state index contributed by atoms with van der Waals surface area (Å²) in [6.07, 6.45) is -3.72. The average molecular weight is 507 g/mol. The first-order chi connectivity index (χ1) is 16.1. The van der Waals surface area contributed by atoms with Crippen molar-refractivity contribution in [1.82, 2.24) is 10.2 Å². The van der Waals surface area contributed by atoms with Crippen LogP contribution in [0.4, 0.5) is 26.3 Å². The molecule has 4 rings (SSSR count). The highest BCUT2D eigenvalue weighted by molar-refractivity contribution is 6.30. The van der Waals surface area contributed by atoms with Gasteiger partial charge < -0.3 is 10.2 Å². The van der Waals surface area contributed by atoms with Crippen LogP contribution in [0.3, 0.4) is 0 Å². The second-order valence-electron chi connectivity index (χ2n) is 8.91. The highest BCUT2D eigenvalue weighted by atomic mass is 35.5. The van der Waals surface area contributed by atoms with Gasteiger partial charge in [0.15, 0.2) is 0 Å². The molecule has 0 aromatic heterocycles. The largest absolute Gasteiger partial charge is 0.416 e. The maximum atomic E-state index is 13.0. The predicted molar refractivity (Wildman–Crippen MR) is 122 cm³/mol. The summed E-state index contributed by atoms with van der Waals surface area (Å²) in [6, 6.07) is 7.85. The van der Waals surface area contributed by atoms with Crippen molar-refractivity contribution in [2.45, 2.75) is 50.1 Å². The molecule has 2 aromatic rings. The number of likely N-dealkylation sites (tertiary alicyclic amines) is 1. The van der Waals surface area contributed by atoms with Crippen molar-refractivity contribution < 1.29 is 26.3 Å². The summed E-state index contributed by atoms with van der Waals surface area (Å²) in [5.74, 6) is -0.726. The minimum Gasteiger partial charge on any atom is -0.317 e. The van der Waals surface area contributed by atoms with Gasteiger partial charge in [-0.2, -0.15) is 13.2 Å². The van der Waals surface area contributed by atoms with E-state index in [1.807, 2.05) is 0 Å². The topological polar surface area (TPSA) is 15.3 Å². The molecule has 0 saturated carbocycles. The monoisotopic (exact) mass is 506 g/mol. The Kier molecular flexibility index (Phi) is 9.29. The fourth-order valence-electron chi connectivity index (χ4n) is 4.69. The van der Waals surface area contributed by atoms with E-state index >= 15 is 0 Å². The molecular formula is C25H29ClF6N2. The van der Waals surface area contributed by atoms with Gasteiger partial charge in [0.25, 0.3) is 6.43 Å². The minimum atomic E-state index is -4.48. The van der Waals surface area contributed by atoms with Crippen molar-refractivity contribution >= 4 is 11.6 Å². The third-order valence-electron chi connectivity index (χ3n) is 6.54. The Morgan fingerprint density at radius 1 is 0.912 bits per heavy atom. The number of halogens is 7. The number of benzene rings is 2. The third kappa shape index (κ3) is 7.12. The van der Waals surface area contributed by atoms with Gasteiger partial charge >= 0.3 is 6.18 Å². The highest BCUT2D eigenvalue weighted by Gasteiger charge is 2.35. The molecule has 0 atom stereocenters. The van der Waals surface area contributed by atoms with Crippen LogP contribution in [0.5, 0.6) is 0 Å². The molecule has 2 aromatic carbocycles. The Bertz CT molecular complexity index is 935. The fraction of sp³-hybridized carbons (Fsp3) is 0.520. The van der Waals surface area contributed by atoms with E-state index in [1.54, 1.807) is 12.1 Å². The summed E-state index contributed by atoms with van der Waals surface area (Å²) in [5.41, 5.74) is 0.273. The predicted octanol–water partition coefficient (Wildman–Crippen LogP) is 7.40. The third-order valence-corrected chi connectivity index (χ3v) is 6.78. The van der Waals surface area contributed by atoms with E-state index in [0.29, 0.717) is 37.0 Å². The van der Waals surface area contributed by atoms with Gasteiger partial charge in [0.05, 0.1) is 5.56 Å². The molecule has 0 bridgehead atoms. The van der Waals surface area contributed by atoms with Crippen LogP contribution in [0.25, 0.3) is 0 Å². The van der Waals surface area contributed by atoms with Crippen LogP contribution in [0.2, 0.25) is 5.02 Å². The first-order valence-electron chi connectivity index (χ1n) is 11.4. The Balaban J connectivity index is 0.000000191. The summed E-state index contributed by atoms with van der Waals surface area (Å²) in [5, 5.41) is 3.48. The van der Waals surface area contributed by atoms with Gasteiger partial charge in [0.2, 0.25) is 0 Å². The van der Waals surface area contributed by atoms with Gasteiger partial charge in [-0.25, -0.2) is 13.2 Å². The van der Waals surface area contributed by atoms with E-state index in [4.69, 9.17) is 11.6 Å². The zero-order chi connectivity index (χ0) is 24.9. The van der Waals surface area contributed by atoms with Gasteiger partial charge in [-0.15, -0.1) is 0 Å². The first kappa shape index (κ1) is 26.8. The smallest absolute Gasteiger partial charge is 0.317 e. The molecule has 0 amide bonds. The number of piperidine rings is 2. The zero-order valence-corrected chi connectivity index (χ0v) is 19.7. The lowest BCUT2D eigenvalue weighted by Gasteiger charge is -2.30. The van der Waals surface area contributed by atoms with E-state index < -0.39 is 24.0 Å². The van der Waals surface area contributed by atoms with Crippen LogP contribution in [-0.4, -0.2) is 38.1 Å². The lowest BCUT2D eigenvalue weighted by Crippen LogP contribution is -2.29. The molecule has 2 nitrogen and oxygen atoms in total. The van der Waals surface area contributed by atoms with E-state index in [-0.39, 0.29) is 23.0 Å². The van der Waals surface area contributed by atoms with Crippen molar-refractivity contribution in [2.24, 2.45) is 0 Å². The number of nitrogens with zero attached hydrogens (tertiary/aromatic N) is 1. The molecule has 0 aliphatic carbocycles. The standard InChI is InChI=1S/C13H16ClF2N.C12H13F4N/c1-17-6-4-9(5-7-17)11-3-2-10(14)8-12(11)13(15)16;13-9-1-2-10(8-3-5-17-6-4-8)11(7-9)12(14,15)16/h2-3,8-9,13H,4-7H2,1H3;1-2,7-8,17H,3-6H2. The van der Waals surface area contributed by atoms with Crippen molar-refractivity contribution in [2.75, 3.05) is 33.2 Å². The molecular weight excluding hydrogens is 478 g/mol. The zero-order valence-electron chi connectivity index (χ0n) is 18.9. The van der Waals surface area contributed by atoms with Crippen LogP contribution in [0.15, 0.2) is 36.4 Å². The number of nitrogens with one attached hydrogen (secondary N) is 1. The SMILES string of the molecule is CN1CCC(c2ccc(Cl)cc2C(F)F)CC1.Fc1ccc(C2CCNCC2)c(C(F)(F)F)c1. The lowest BCUT2D eigenvalue weighted by atomic mass is 9.87. The molecule has 188 valence electrons. The average Bonchev–Trinajstić information content (AvgIpc) is 2.80. The fourth-order valence-corrected chi connectivity index (χ4v) is 4.87. The number of rotatable bonds is 3. The summed E-state index contributed by atoms with van der Waals surface area (Å²) in [6.45, 7) is 3.35. The van der Waals surface area contributed by atoms with Gasteiger partial charge in [-0.1, -0.05) is 23.7 Å². The minimum absolute atomic E-state index is 0.104. The maximum absolute atomic E-state index is 13.0. The Morgan fingerprint density at radius 3 is 2.09 bits per heavy atom. The van der Waals surface area contributed by atoms with Crippen LogP contribution in [0.1, 0.15) is 66.2 Å². The number of alkyl halides is 5. The van der Waals surface area contributed by atoms with Crippen LogP contribution in [-0.2, 0) is 6.18 Å². The van der Waals surface area contributed by atoms with Crippen LogP contribution >= 0.6 is 11.6 Å². The summed E-state index contributed by atoms with van der Waals surface area (Å²) in [7, 11) is 2.06. The Hall–Kier alpha value is -1.77. The molecule has 34 heavy (non-hydrogen) atoms.